The molecule has 32 heavy (non-hydrogen) atoms. The molecule has 0 unspecified atom stereocenters. The molecular formula is C22H25F3N2O5. The smallest absolute Gasteiger partial charge is 0.493 e. The standard InChI is InChI=1S/C22H25F3N2O5/c1-14(2)26-20(28)13-31-18-10-9-15(11-19(18)30-4)21(29)27(3)12-16-7-5-6-8-17(16)32-22(23,24)25/h5-11,14H,12-13H2,1-4H3,(H,26,28). The van der Waals surface area contributed by atoms with E-state index in [1.807, 2.05) is 13.8 Å². The van der Waals surface area contributed by atoms with Gasteiger partial charge in [0.1, 0.15) is 5.75 Å². The minimum atomic E-state index is -4.84. The van der Waals surface area contributed by atoms with E-state index >= 15 is 0 Å². The number of carbonyl (C=O) groups is 2. The first kappa shape index (κ1) is 24.8. The van der Waals surface area contributed by atoms with Crippen molar-refractivity contribution in [3.63, 3.8) is 0 Å². The van der Waals surface area contributed by atoms with Crippen molar-refractivity contribution < 1.29 is 37.0 Å². The summed E-state index contributed by atoms with van der Waals surface area (Å²) < 4.78 is 52.6. The van der Waals surface area contributed by atoms with Gasteiger partial charge in [-0.1, -0.05) is 18.2 Å². The summed E-state index contributed by atoms with van der Waals surface area (Å²) in [4.78, 5) is 25.8. The third-order valence-corrected chi connectivity index (χ3v) is 4.17. The highest BCUT2D eigenvalue weighted by Crippen LogP contribution is 2.30. The van der Waals surface area contributed by atoms with Crippen molar-refractivity contribution >= 4 is 11.8 Å². The fourth-order valence-corrected chi connectivity index (χ4v) is 2.83. The van der Waals surface area contributed by atoms with Gasteiger partial charge < -0.3 is 24.4 Å². The highest BCUT2D eigenvalue weighted by molar-refractivity contribution is 5.94. The summed E-state index contributed by atoms with van der Waals surface area (Å²) in [5, 5.41) is 2.69. The number of nitrogens with zero attached hydrogens (tertiary/aromatic N) is 1. The number of rotatable bonds is 9. The Kier molecular flexibility index (Phi) is 8.34. The number of halogens is 3. The number of alkyl halides is 3. The number of carbonyl (C=O) groups excluding carboxylic acids is 2. The maximum Gasteiger partial charge on any atom is 0.573 e. The molecule has 2 amide bonds. The zero-order valence-electron chi connectivity index (χ0n) is 18.2. The van der Waals surface area contributed by atoms with Crippen molar-refractivity contribution in [3.05, 3.63) is 53.6 Å². The van der Waals surface area contributed by atoms with Crippen molar-refractivity contribution in [2.75, 3.05) is 20.8 Å². The molecule has 0 aliphatic rings. The van der Waals surface area contributed by atoms with Crippen LogP contribution in [0.25, 0.3) is 0 Å². The Bertz CT molecular complexity index is 947. The van der Waals surface area contributed by atoms with E-state index in [-0.39, 0.29) is 53.5 Å². The third kappa shape index (κ3) is 7.36. The fraction of sp³-hybridized carbons (Fsp3) is 0.364. The first-order chi connectivity index (χ1) is 15.0. The summed E-state index contributed by atoms with van der Waals surface area (Å²) in [5.74, 6) is -0.617. The summed E-state index contributed by atoms with van der Waals surface area (Å²) >= 11 is 0. The molecule has 0 spiro atoms. The molecule has 0 fully saturated rings. The van der Waals surface area contributed by atoms with Crippen LogP contribution in [0.1, 0.15) is 29.8 Å². The lowest BCUT2D eigenvalue weighted by Crippen LogP contribution is -2.34. The molecule has 0 heterocycles. The van der Waals surface area contributed by atoms with Crippen LogP contribution in [0.15, 0.2) is 42.5 Å². The van der Waals surface area contributed by atoms with Gasteiger partial charge in [0, 0.05) is 30.8 Å². The number of benzene rings is 2. The van der Waals surface area contributed by atoms with Crippen molar-refractivity contribution in [2.24, 2.45) is 0 Å². The number of hydrogen-bond donors (Lipinski definition) is 1. The highest BCUT2D eigenvalue weighted by Gasteiger charge is 2.32. The molecule has 2 aromatic carbocycles. The summed E-state index contributed by atoms with van der Waals surface area (Å²) in [5.41, 5.74) is 0.432. The van der Waals surface area contributed by atoms with Gasteiger partial charge >= 0.3 is 6.36 Å². The van der Waals surface area contributed by atoms with Gasteiger partial charge in [0.15, 0.2) is 18.1 Å². The normalized spacial score (nSPS) is 11.1. The molecule has 7 nitrogen and oxygen atoms in total. The van der Waals surface area contributed by atoms with Gasteiger partial charge in [-0.25, -0.2) is 0 Å². The Morgan fingerprint density at radius 1 is 1.06 bits per heavy atom. The van der Waals surface area contributed by atoms with Crippen LogP contribution in [0.2, 0.25) is 0 Å². The van der Waals surface area contributed by atoms with Crippen LogP contribution >= 0.6 is 0 Å². The van der Waals surface area contributed by atoms with Crippen molar-refractivity contribution in [1.29, 1.82) is 0 Å². The molecule has 2 aromatic rings. The zero-order valence-corrected chi connectivity index (χ0v) is 18.2. The summed E-state index contributed by atoms with van der Waals surface area (Å²) in [7, 11) is 2.85. The molecule has 10 heteroatoms. The van der Waals surface area contributed by atoms with Crippen LogP contribution in [0.4, 0.5) is 13.2 Å². The molecular weight excluding hydrogens is 429 g/mol. The van der Waals surface area contributed by atoms with Gasteiger partial charge in [-0.15, -0.1) is 13.2 Å². The van der Waals surface area contributed by atoms with Gasteiger partial charge in [-0.2, -0.15) is 0 Å². The van der Waals surface area contributed by atoms with E-state index in [1.54, 1.807) is 6.07 Å². The van der Waals surface area contributed by atoms with Gasteiger partial charge in [-0.05, 0) is 38.1 Å². The largest absolute Gasteiger partial charge is 0.573 e. The first-order valence-electron chi connectivity index (χ1n) is 9.69. The molecule has 0 aliphatic heterocycles. The maximum atomic E-state index is 12.8. The van der Waals surface area contributed by atoms with Crippen LogP contribution in [0, 0.1) is 0 Å². The third-order valence-electron chi connectivity index (χ3n) is 4.17. The van der Waals surface area contributed by atoms with Crippen molar-refractivity contribution in [2.45, 2.75) is 32.8 Å². The number of ether oxygens (including phenoxy) is 3. The van der Waals surface area contributed by atoms with Crippen LogP contribution in [0.5, 0.6) is 17.2 Å². The molecule has 0 aliphatic carbocycles. The van der Waals surface area contributed by atoms with E-state index in [0.717, 1.165) is 0 Å². The lowest BCUT2D eigenvalue weighted by atomic mass is 10.1. The van der Waals surface area contributed by atoms with Crippen molar-refractivity contribution in [1.82, 2.24) is 10.2 Å². The minimum Gasteiger partial charge on any atom is -0.493 e. The van der Waals surface area contributed by atoms with E-state index in [1.165, 1.54) is 55.5 Å². The predicted molar refractivity (Wildman–Crippen MR) is 111 cm³/mol. The van der Waals surface area contributed by atoms with Gasteiger partial charge in [0.2, 0.25) is 0 Å². The monoisotopic (exact) mass is 454 g/mol. The van der Waals surface area contributed by atoms with Crippen LogP contribution in [-0.2, 0) is 11.3 Å². The predicted octanol–water partition coefficient (Wildman–Crippen LogP) is 3.77. The van der Waals surface area contributed by atoms with Gasteiger partial charge in [0.05, 0.1) is 7.11 Å². The van der Waals surface area contributed by atoms with Crippen LogP contribution in [0.3, 0.4) is 0 Å². The number of para-hydroxylation sites is 1. The topological polar surface area (TPSA) is 77.1 Å². The van der Waals surface area contributed by atoms with Crippen molar-refractivity contribution in [3.8, 4) is 17.2 Å². The molecule has 0 aromatic heterocycles. The fourth-order valence-electron chi connectivity index (χ4n) is 2.83. The van der Waals surface area contributed by atoms with Gasteiger partial charge in [-0.3, -0.25) is 9.59 Å². The van der Waals surface area contributed by atoms with Crippen LogP contribution < -0.4 is 19.5 Å². The second-order valence-electron chi connectivity index (χ2n) is 7.19. The SMILES string of the molecule is COc1cc(C(=O)N(C)Cc2ccccc2OC(F)(F)F)ccc1OCC(=O)NC(C)C. The zero-order chi connectivity index (χ0) is 23.9. The first-order valence-corrected chi connectivity index (χ1v) is 9.69. The molecule has 2 rings (SSSR count). The highest BCUT2D eigenvalue weighted by atomic mass is 19.4. The summed E-state index contributed by atoms with van der Waals surface area (Å²) in [6, 6.07) is 9.98. The molecule has 0 saturated heterocycles. The molecule has 0 radical (unpaired) electrons. The molecule has 1 N–H and O–H groups in total. The Morgan fingerprint density at radius 3 is 2.38 bits per heavy atom. The summed E-state index contributed by atoms with van der Waals surface area (Å²) in [6.45, 7) is 3.31. The Morgan fingerprint density at radius 2 is 1.75 bits per heavy atom. The van der Waals surface area contributed by atoms with E-state index < -0.39 is 12.3 Å². The number of methoxy groups -OCH3 is 1. The Hall–Kier alpha value is -3.43. The average molecular weight is 454 g/mol. The Labute approximate surface area is 184 Å². The maximum absolute atomic E-state index is 12.8. The van der Waals surface area contributed by atoms with E-state index in [9.17, 15) is 22.8 Å². The molecule has 0 bridgehead atoms. The Balaban J connectivity index is 2.12. The van der Waals surface area contributed by atoms with E-state index in [2.05, 4.69) is 10.1 Å². The summed E-state index contributed by atoms with van der Waals surface area (Å²) in [6.07, 6.45) is -4.84. The van der Waals surface area contributed by atoms with E-state index in [4.69, 9.17) is 9.47 Å². The van der Waals surface area contributed by atoms with Crippen LogP contribution in [-0.4, -0.2) is 49.9 Å². The number of amides is 2. The quantitative estimate of drug-likeness (QED) is 0.624. The lowest BCUT2D eigenvalue weighted by Gasteiger charge is -2.20. The number of hydrogen-bond acceptors (Lipinski definition) is 5. The molecule has 0 atom stereocenters. The molecule has 0 saturated carbocycles. The number of nitrogens with one attached hydrogen (secondary N) is 1. The second kappa shape index (κ2) is 10.7. The average Bonchev–Trinajstić information content (AvgIpc) is 2.71. The minimum absolute atomic E-state index is 0.0322. The lowest BCUT2D eigenvalue weighted by molar-refractivity contribution is -0.275. The van der Waals surface area contributed by atoms with E-state index in [0.29, 0.717) is 0 Å². The molecule has 174 valence electrons. The second-order valence-corrected chi connectivity index (χ2v) is 7.19. The van der Waals surface area contributed by atoms with Gasteiger partial charge in [0.25, 0.3) is 11.8 Å².